The van der Waals surface area contributed by atoms with Gasteiger partial charge in [0, 0.05) is 7.05 Å². The molecular weight excluding hydrogens is 258 g/mol. The molecule has 5 heteroatoms. The molecule has 0 heterocycles. The second-order valence-corrected chi connectivity index (χ2v) is 6.58. The van der Waals surface area contributed by atoms with Gasteiger partial charge >= 0.3 is 12.1 Å². The Labute approximate surface area is 122 Å². The molecule has 1 unspecified atom stereocenters. The van der Waals surface area contributed by atoms with Crippen LogP contribution in [0, 0.1) is 11.3 Å². The van der Waals surface area contributed by atoms with Crippen LogP contribution in [-0.2, 0) is 14.3 Å². The summed E-state index contributed by atoms with van der Waals surface area (Å²) in [5.74, 6) is -0.413. The number of hydrogen-bond donors (Lipinski definition) is 0. The zero-order chi connectivity index (χ0) is 15.9. The Hall–Kier alpha value is -1.26. The monoisotopic (exact) mass is 287 g/mol. The number of esters is 1. The Morgan fingerprint density at radius 2 is 1.70 bits per heavy atom. The molecule has 0 rings (SSSR count). The predicted octanol–water partition coefficient (Wildman–Crippen LogP) is 3.08. The van der Waals surface area contributed by atoms with Crippen LogP contribution in [0.3, 0.4) is 0 Å². The van der Waals surface area contributed by atoms with Gasteiger partial charge in [0.15, 0.2) is 0 Å². The summed E-state index contributed by atoms with van der Waals surface area (Å²) >= 11 is 0. The zero-order valence-corrected chi connectivity index (χ0v) is 13.9. The van der Waals surface area contributed by atoms with E-state index in [1.54, 1.807) is 7.05 Å². The average Bonchev–Trinajstić information content (AvgIpc) is 2.31. The number of nitrogens with zero attached hydrogens (tertiary/aromatic N) is 1. The summed E-state index contributed by atoms with van der Waals surface area (Å²) in [7, 11) is 1.57. The number of likely N-dealkylation sites (N-methyl/N-ethyl adjacent to an activating group) is 1. The molecule has 0 spiro atoms. The van der Waals surface area contributed by atoms with Crippen molar-refractivity contribution in [3.63, 3.8) is 0 Å². The molecule has 118 valence electrons. The lowest BCUT2D eigenvalue weighted by Crippen LogP contribution is -2.47. The average molecular weight is 287 g/mol. The summed E-state index contributed by atoms with van der Waals surface area (Å²) in [5.41, 5.74) is -0.105. The lowest BCUT2D eigenvalue weighted by Gasteiger charge is -2.29. The highest BCUT2D eigenvalue weighted by Gasteiger charge is 2.32. The van der Waals surface area contributed by atoms with Gasteiger partial charge in [-0.15, -0.1) is 0 Å². The SMILES string of the molecule is CCCOC(=O)C(C(C)C)N(C)C(=O)OCC(C)(C)C. The van der Waals surface area contributed by atoms with Crippen LogP contribution in [0.25, 0.3) is 0 Å². The molecule has 0 radical (unpaired) electrons. The van der Waals surface area contributed by atoms with E-state index in [9.17, 15) is 9.59 Å². The van der Waals surface area contributed by atoms with E-state index in [4.69, 9.17) is 9.47 Å². The molecule has 0 aromatic rings. The highest BCUT2D eigenvalue weighted by atomic mass is 16.6. The van der Waals surface area contributed by atoms with Gasteiger partial charge in [-0.05, 0) is 17.8 Å². The highest BCUT2D eigenvalue weighted by molar-refractivity contribution is 5.81. The molecular formula is C15H29NO4. The molecule has 1 atom stereocenters. The predicted molar refractivity (Wildman–Crippen MR) is 78.4 cm³/mol. The fourth-order valence-electron chi connectivity index (χ4n) is 1.66. The van der Waals surface area contributed by atoms with Crippen LogP contribution < -0.4 is 0 Å². The fraction of sp³-hybridized carbons (Fsp3) is 0.867. The molecule has 20 heavy (non-hydrogen) atoms. The van der Waals surface area contributed by atoms with Crippen LogP contribution >= 0.6 is 0 Å². The summed E-state index contributed by atoms with van der Waals surface area (Å²) < 4.78 is 10.4. The lowest BCUT2D eigenvalue weighted by atomic mass is 9.99. The number of hydrogen-bond acceptors (Lipinski definition) is 4. The van der Waals surface area contributed by atoms with Crippen LogP contribution in [-0.4, -0.2) is 43.3 Å². The maximum atomic E-state index is 12.0. The van der Waals surface area contributed by atoms with Gasteiger partial charge < -0.3 is 9.47 Å². The topological polar surface area (TPSA) is 55.8 Å². The van der Waals surface area contributed by atoms with E-state index in [-0.39, 0.29) is 17.3 Å². The van der Waals surface area contributed by atoms with Crippen LogP contribution in [0.5, 0.6) is 0 Å². The van der Waals surface area contributed by atoms with E-state index in [0.29, 0.717) is 13.2 Å². The Morgan fingerprint density at radius 1 is 1.15 bits per heavy atom. The van der Waals surface area contributed by atoms with Crippen LogP contribution in [0.15, 0.2) is 0 Å². The van der Waals surface area contributed by atoms with Gasteiger partial charge in [-0.2, -0.15) is 0 Å². The summed E-state index contributed by atoms with van der Waals surface area (Å²) in [6.07, 6.45) is 0.265. The molecule has 0 saturated carbocycles. The van der Waals surface area contributed by atoms with E-state index < -0.39 is 12.1 Å². The Kier molecular flexibility index (Phi) is 7.61. The summed E-state index contributed by atoms with van der Waals surface area (Å²) in [6, 6.07) is -0.617. The molecule has 0 saturated heterocycles. The minimum absolute atomic E-state index is 0.0356. The van der Waals surface area contributed by atoms with Gasteiger partial charge in [-0.25, -0.2) is 9.59 Å². The first kappa shape index (κ1) is 18.7. The number of carbonyl (C=O) groups is 2. The molecule has 0 aromatic carbocycles. The molecule has 0 N–H and O–H groups in total. The van der Waals surface area contributed by atoms with Crippen molar-refractivity contribution >= 4 is 12.1 Å². The van der Waals surface area contributed by atoms with Crippen LogP contribution in [0.2, 0.25) is 0 Å². The molecule has 5 nitrogen and oxygen atoms in total. The van der Waals surface area contributed by atoms with Crippen molar-refractivity contribution < 1.29 is 19.1 Å². The number of rotatable bonds is 6. The van der Waals surface area contributed by atoms with E-state index in [2.05, 4.69) is 0 Å². The van der Waals surface area contributed by atoms with Crippen LogP contribution in [0.1, 0.15) is 48.0 Å². The standard InChI is InChI=1S/C15H29NO4/c1-8-9-19-13(17)12(11(2)3)16(7)14(18)20-10-15(4,5)6/h11-12H,8-10H2,1-7H3. The van der Waals surface area contributed by atoms with Crippen molar-refractivity contribution in [1.82, 2.24) is 4.90 Å². The summed E-state index contributed by atoms with van der Waals surface area (Å²) in [6.45, 7) is 12.3. The maximum Gasteiger partial charge on any atom is 0.410 e. The van der Waals surface area contributed by atoms with Gasteiger partial charge in [-0.1, -0.05) is 41.5 Å². The van der Waals surface area contributed by atoms with Crippen molar-refractivity contribution in [1.29, 1.82) is 0 Å². The van der Waals surface area contributed by atoms with Crippen LogP contribution in [0.4, 0.5) is 4.79 Å². The van der Waals surface area contributed by atoms with Crippen molar-refractivity contribution in [2.24, 2.45) is 11.3 Å². The van der Waals surface area contributed by atoms with Gasteiger partial charge in [0.25, 0.3) is 0 Å². The molecule has 1 amide bonds. The zero-order valence-electron chi connectivity index (χ0n) is 13.9. The normalized spacial score (nSPS) is 13.0. The molecule has 0 bridgehead atoms. The van der Waals surface area contributed by atoms with Gasteiger partial charge in [-0.3, -0.25) is 4.90 Å². The van der Waals surface area contributed by atoms with E-state index in [0.717, 1.165) is 6.42 Å². The van der Waals surface area contributed by atoms with Gasteiger partial charge in [0.2, 0.25) is 0 Å². The Balaban J connectivity index is 4.67. The largest absolute Gasteiger partial charge is 0.464 e. The van der Waals surface area contributed by atoms with E-state index in [1.165, 1.54) is 4.90 Å². The minimum atomic E-state index is -0.617. The second kappa shape index (κ2) is 8.12. The van der Waals surface area contributed by atoms with Crippen molar-refractivity contribution in [2.45, 2.75) is 54.0 Å². The summed E-state index contributed by atoms with van der Waals surface area (Å²) in [4.78, 5) is 25.4. The molecule has 0 fully saturated rings. The number of amides is 1. The fourth-order valence-corrected chi connectivity index (χ4v) is 1.66. The van der Waals surface area contributed by atoms with Gasteiger partial charge in [0.05, 0.1) is 13.2 Å². The first-order valence-electron chi connectivity index (χ1n) is 7.16. The summed E-state index contributed by atoms with van der Waals surface area (Å²) in [5, 5.41) is 0. The number of carbonyl (C=O) groups excluding carboxylic acids is 2. The Morgan fingerprint density at radius 3 is 2.10 bits per heavy atom. The first-order valence-corrected chi connectivity index (χ1v) is 7.16. The van der Waals surface area contributed by atoms with Crippen molar-refractivity contribution in [2.75, 3.05) is 20.3 Å². The third-order valence-electron chi connectivity index (χ3n) is 2.66. The van der Waals surface area contributed by atoms with E-state index >= 15 is 0 Å². The van der Waals surface area contributed by atoms with Crippen molar-refractivity contribution in [3.8, 4) is 0 Å². The highest BCUT2D eigenvalue weighted by Crippen LogP contribution is 2.16. The van der Waals surface area contributed by atoms with Crippen molar-refractivity contribution in [3.05, 3.63) is 0 Å². The minimum Gasteiger partial charge on any atom is -0.464 e. The molecule has 0 aliphatic rings. The maximum absolute atomic E-state index is 12.0. The third-order valence-corrected chi connectivity index (χ3v) is 2.66. The first-order chi connectivity index (χ1) is 9.10. The molecule has 0 aliphatic carbocycles. The Bertz CT molecular complexity index is 320. The quantitative estimate of drug-likeness (QED) is 0.704. The molecule has 0 aliphatic heterocycles. The third kappa shape index (κ3) is 6.78. The van der Waals surface area contributed by atoms with E-state index in [1.807, 2.05) is 41.5 Å². The smallest absolute Gasteiger partial charge is 0.410 e. The van der Waals surface area contributed by atoms with Gasteiger partial charge in [0.1, 0.15) is 6.04 Å². The molecule has 0 aromatic heterocycles. The number of ether oxygens (including phenoxy) is 2. The lowest BCUT2D eigenvalue weighted by molar-refractivity contribution is -0.150. The second-order valence-electron chi connectivity index (χ2n) is 6.58.